The summed E-state index contributed by atoms with van der Waals surface area (Å²) in [6, 6.07) is 0. The van der Waals surface area contributed by atoms with Crippen molar-refractivity contribution in [2.75, 3.05) is 20.2 Å². The fourth-order valence-electron chi connectivity index (χ4n) is 0.418. The lowest BCUT2D eigenvalue weighted by Crippen LogP contribution is -2.18. The van der Waals surface area contributed by atoms with E-state index in [1.54, 1.807) is 0 Å². The van der Waals surface area contributed by atoms with E-state index in [0.29, 0.717) is 19.5 Å². The van der Waals surface area contributed by atoms with Crippen molar-refractivity contribution in [1.82, 2.24) is 5.32 Å². The minimum atomic E-state index is -0.184. The molecule has 0 aliphatic heterocycles. The molecule has 0 aliphatic rings. The summed E-state index contributed by atoms with van der Waals surface area (Å²) in [6.07, 6.45) is 0.423. The van der Waals surface area contributed by atoms with Crippen molar-refractivity contribution < 1.29 is 9.53 Å². The minimum Gasteiger partial charge on any atom is -0.469 e. The summed E-state index contributed by atoms with van der Waals surface area (Å²) in [4.78, 5) is 10.4. The highest BCUT2D eigenvalue weighted by molar-refractivity contribution is 5.69. The van der Waals surface area contributed by atoms with Crippen molar-refractivity contribution >= 4 is 5.97 Å². The monoisotopic (exact) mass is 130 g/mol. The fourth-order valence-corrected chi connectivity index (χ4v) is 0.418. The first kappa shape index (κ1) is 8.43. The maximum Gasteiger partial charge on any atom is 0.306 e. The van der Waals surface area contributed by atoms with Crippen molar-refractivity contribution in [3.05, 3.63) is 6.92 Å². The first-order valence-electron chi connectivity index (χ1n) is 2.88. The molecule has 0 saturated heterocycles. The third-order valence-electron chi connectivity index (χ3n) is 0.910. The predicted molar refractivity (Wildman–Crippen MR) is 34.9 cm³/mol. The van der Waals surface area contributed by atoms with Gasteiger partial charge < -0.3 is 10.1 Å². The zero-order valence-electron chi connectivity index (χ0n) is 5.64. The Kier molecular flexibility index (Phi) is 5.21. The normalized spacial score (nSPS) is 9.11. The predicted octanol–water partition coefficient (Wildman–Crippen LogP) is -0.0268. The molecule has 0 saturated carbocycles. The molecule has 0 aromatic heterocycles. The summed E-state index contributed by atoms with van der Waals surface area (Å²) < 4.78 is 4.40. The van der Waals surface area contributed by atoms with Crippen LogP contribution in [0.4, 0.5) is 0 Å². The Morgan fingerprint density at radius 3 is 2.89 bits per heavy atom. The number of rotatable bonds is 4. The second-order valence-electron chi connectivity index (χ2n) is 1.58. The van der Waals surface area contributed by atoms with Crippen LogP contribution in [0.3, 0.4) is 0 Å². The van der Waals surface area contributed by atoms with Gasteiger partial charge in [-0.15, -0.1) is 0 Å². The lowest BCUT2D eigenvalue weighted by Gasteiger charge is -1.98. The van der Waals surface area contributed by atoms with Crippen molar-refractivity contribution in [3.8, 4) is 0 Å². The maximum absolute atomic E-state index is 10.4. The van der Waals surface area contributed by atoms with Crippen LogP contribution in [-0.2, 0) is 9.53 Å². The molecule has 0 fully saturated rings. The molecule has 9 heavy (non-hydrogen) atoms. The molecule has 3 nitrogen and oxygen atoms in total. The molecule has 0 heterocycles. The van der Waals surface area contributed by atoms with Gasteiger partial charge >= 0.3 is 5.97 Å². The van der Waals surface area contributed by atoms with E-state index in [9.17, 15) is 4.79 Å². The Bertz CT molecular complexity index is 83.1. The van der Waals surface area contributed by atoms with E-state index in [-0.39, 0.29) is 5.97 Å². The number of carbonyl (C=O) groups is 1. The highest BCUT2D eigenvalue weighted by atomic mass is 16.5. The SMILES string of the molecule is [CH2]CNCCC(=O)OC. The molecule has 0 aromatic rings. The van der Waals surface area contributed by atoms with E-state index in [2.05, 4.69) is 17.0 Å². The number of carbonyl (C=O) groups excluding carboxylic acids is 1. The van der Waals surface area contributed by atoms with Gasteiger partial charge in [0.1, 0.15) is 0 Å². The molecule has 1 N–H and O–H groups in total. The van der Waals surface area contributed by atoms with Gasteiger partial charge in [0.05, 0.1) is 13.5 Å². The van der Waals surface area contributed by atoms with Crippen LogP contribution >= 0.6 is 0 Å². The first-order chi connectivity index (χ1) is 4.31. The van der Waals surface area contributed by atoms with Crippen molar-refractivity contribution in [3.63, 3.8) is 0 Å². The summed E-state index contributed by atoms with van der Waals surface area (Å²) in [5.74, 6) is -0.184. The lowest BCUT2D eigenvalue weighted by atomic mass is 10.4. The van der Waals surface area contributed by atoms with Gasteiger partial charge in [-0.25, -0.2) is 0 Å². The molecule has 0 rings (SSSR count). The summed E-state index contributed by atoms with van der Waals surface area (Å²) in [5.41, 5.74) is 0. The third-order valence-corrected chi connectivity index (χ3v) is 0.910. The minimum absolute atomic E-state index is 0.184. The van der Waals surface area contributed by atoms with Crippen molar-refractivity contribution in [2.45, 2.75) is 6.42 Å². The number of nitrogens with one attached hydrogen (secondary N) is 1. The molecule has 53 valence electrons. The molecule has 0 spiro atoms. The highest BCUT2D eigenvalue weighted by Crippen LogP contribution is 1.79. The van der Waals surface area contributed by atoms with Crippen LogP contribution < -0.4 is 5.32 Å². The molecule has 3 heteroatoms. The molecule has 0 unspecified atom stereocenters. The number of hydrogen-bond acceptors (Lipinski definition) is 3. The summed E-state index contributed by atoms with van der Waals surface area (Å²) >= 11 is 0. The largest absolute Gasteiger partial charge is 0.469 e. The lowest BCUT2D eigenvalue weighted by molar-refractivity contribution is -0.140. The molecule has 0 atom stereocenters. The molecular formula is C6H12NO2. The Hall–Kier alpha value is -0.570. The van der Waals surface area contributed by atoms with Gasteiger partial charge in [0.25, 0.3) is 0 Å². The summed E-state index contributed by atoms with van der Waals surface area (Å²) in [7, 11) is 1.38. The average molecular weight is 130 g/mol. The van der Waals surface area contributed by atoms with Crippen LogP contribution in [0.2, 0.25) is 0 Å². The van der Waals surface area contributed by atoms with Crippen LogP contribution in [0, 0.1) is 6.92 Å². The van der Waals surface area contributed by atoms with Crippen molar-refractivity contribution in [1.29, 1.82) is 0 Å². The summed E-state index contributed by atoms with van der Waals surface area (Å²) in [5, 5.41) is 2.90. The summed E-state index contributed by atoms with van der Waals surface area (Å²) in [6.45, 7) is 4.84. The van der Waals surface area contributed by atoms with Gasteiger partial charge in [-0.3, -0.25) is 4.79 Å². The van der Waals surface area contributed by atoms with Gasteiger partial charge in [-0.05, 0) is 13.5 Å². The van der Waals surface area contributed by atoms with Crippen molar-refractivity contribution in [2.24, 2.45) is 0 Å². The van der Waals surface area contributed by atoms with E-state index in [4.69, 9.17) is 0 Å². The molecular weight excluding hydrogens is 118 g/mol. The van der Waals surface area contributed by atoms with E-state index in [0.717, 1.165) is 0 Å². The number of esters is 1. The van der Waals surface area contributed by atoms with Crippen LogP contribution in [0.1, 0.15) is 6.42 Å². The van der Waals surface area contributed by atoms with Crippen LogP contribution in [0.25, 0.3) is 0 Å². The molecule has 0 amide bonds. The van der Waals surface area contributed by atoms with Crippen LogP contribution in [-0.4, -0.2) is 26.2 Å². The Morgan fingerprint density at radius 2 is 2.44 bits per heavy atom. The zero-order chi connectivity index (χ0) is 7.11. The van der Waals surface area contributed by atoms with Gasteiger partial charge in [-0.1, -0.05) is 0 Å². The van der Waals surface area contributed by atoms with E-state index in [1.807, 2.05) is 0 Å². The highest BCUT2D eigenvalue weighted by Gasteiger charge is 1.95. The average Bonchev–Trinajstić information content (AvgIpc) is 1.89. The molecule has 0 aliphatic carbocycles. The number of ether oxygens (including phenoxy) is 1. The Morgan fingerprint density at radius 1 is 1.78 bits per heavy atom. The topological polar surface area (TPSA) is 38.3 Å². The van der Waals surface area contributed by atoms with Gasteiger partial charge in [-0.2, -0.15) is 0 Å². The quantitative estimate of drug-likeness (QED) is 0.429. The van der Waals surface area contributed by atoms with Crippen LogP contribution in [0.15, 0.2) is 0 Å². The maximum atomic E-state index is 10.4. The molecule has 0 bridgehead atoms. The first-order valence-corrected chi connectivity index (χ1v) is 2.88. The van der Waals surface area contributed by atoms with Gasteiger partial charge in [0.15, 0.2) is 0 Å². The Balaban J connectivity index is 2.97. The molecule has 0 aromatic carbocycles. The number of methoxy groups -OCH3 is 1. The number of hydrogen-bond donors (Lipinski definition) is 1. The van der Waals surface area contributed by atoms with Gasteiger partial charge in [0.2, 0.25) is 0 Å². The second kappa shape index (κ2) is 5.56. The van der Waals surface area contributed by atoms with E-state index in [1.165, 1.54) is 7.11 Å². The van der Waals surface area contributed by atoms with E-state index >= 15 is 0 Å². The smallest absolute Gasteiger partial charge is 0.306 e. The van der Waals surface area contributed by atoms with Gasteiger partial charge in [0, 0.05) is 6.54 Å². The second-order valence-corrected chi connectivity index (χ2v) is 1.58. The van der Waals surface area contributed by atoms with E-state index < -0.39 is 0 Å². The third kappa shape index (κ3) is 5.30. The standard InChI is InChI=1S/C6H12NO2/c1-3-7-5-4-6(8)9-2/h7H,1,3-5H2,2H3. The Labute approximate surface area is 55.4 Å². The van der Waals surface area contributed by atoms with Crippen LogP contribution in [0.5, 0.6) is 0 Å². The fraction of sp³-hybridized carbons (Fsp3) is 0.667. The zero-order valence-corrected chi connectivity index (χ0v) is 5.64. The molecule has 1 radical (unpaired) electrons.